The van der Waals surface area contributed by atoms with Gasteiger partial charge in [0.2, 0.25) is 0 Å². The van der Waals surface area contributed by atoms with E-state index >= 15 is 0 Å². The molecule has 0 heterocycles. The van der Waals surface area contributed by atoms with Gasteiger partial charge < -0.3 is 0 Å². The molecule has 0 aliphatic heterocycles. The van der Waals surface area contributed by atoms with Crippen LogP contribution in [0, 0.1) is 52.8 Å². The van der Waals surface area contributed by atoms with E-state index in [9.17, 15) is 0 Å². The highest BCUT2D eigenvalue weighted by Crippen LogP contribution is 2.64. The highest BCUT2D eigenvalue weighted by atomic mass is 14.6. The molecule has 9 atom stereocenters. The van der Waals surface area contributed by atoms with Crippen molar-refractivity contribution in [2.45, 2.75) is 87.5 Å². The third-order valence-electron chi connectivity index (χ3n) is 9.02. The normalized spacial score (nSPS) is 52.4. The summed E-state index contributed by atoms with van der Waals surface area (Å²) in [5.41, 5.74) is 0.564. The smallest absolute Gasteiger partial charge is 0.0238 e. The van der Waals surface area contributed by atoms with E-state index in [0.29, 0.717) is 5.41 Å². The Morgan fingerprint density at radius 1 is 0.818 bits per heavy atom. The number of hydrogen-bond acceptors (Lipinski definition) is 0. The first-order chi connectivity index (χ1) is 10.3. The van der Waals surface area contributed by atoms with Crippen molar-refractivity contribution in [1.29, 1.82) is 0 Å². The van der Waals surface area contributed by atoms with Crippen molar-refractivity contribution in [3.8, 4) is 0 Å². The van der Waals surface area contributed by atoms with Crippen molar-refractivity contribution in [2.75, 3.05) is 0 Å². The second-order valence-corrected chi connectivity index (χ2v) is 9.50. The molecule has 0 spiro atoms. The number of hydrogen-bond donors (Lipinski definition) is 0. The lowest BCUT2D eigenvalue weighted by molar-refractivity contribution is -0.152. The van der Waals surface area contributed by atoms with E-state index in [2.05, 4.69) is 55.4 Å². The first-order valence-corrected chi connectivity index (χ1v) is 10.3. The highest BCUT2D eigenvalue weighted by molar-refractivity contribution is 5.05. The van der Waals surface area contributed by atoms with E-state index in [1.807, 2.05) is 0 Å². The fraction of sp³-hybridized carbons (Fsp3) is 1.00. The molecule has 2 fully saturated rings. The minimum Gasteiger partial charge on any atom is -0.0654 e. The summed E-state index contributed by atoms with van der Waals surface area (Å²) in [6.07, 6.45) is 7.22. The zero-order chi connectivity index (χ0) is 16.7. The van der Waals surface area contributed by atoms with Crippen LogP contribution < -0.4 is 0 Å². The molecule has 0 amide bonds. The average Bonchev–Trinajstić information content (AvgIpc) is 2.50. The van der Waals surface area contributed by atoms with Gasteiger partial charge in [0.1, 0.15) is 0 Å². The molecule has 0 aromatic heterocycles. The molecule has 0 saturated heterocycles. The van der Waals surface area contributed by atoms with Gasteiger partial charge in [-0.1, -0.05) is 74.7 Å². The van der Waals surface area contributed by atoms with Crippen LogP contribution in [0.5, 0.6) is 0 Å². The molecule has 2 saturated carbocycles. The molecule has 0 radical (unpaired) electrons. The van der Waals surface area contributed by atoms with Crippen molar-refractivity contribution >= 4 is 0 Å². The largest absolute Gasteiger partial charge is 0.0654 e. The van der Waals surface area contributed by atoms with Gasteiger partial charge in [-0.25, -0.2) is 0 Å². The van der Waals surface area contributed by atoms with Gasteiger partial charge in [-0.15, -0.1) is 0 Å². The van der Waals surface area contributed by atoms with Crippen molar-refractivity contribution < 1.29 is 0 Å². The number of fused-ring (bicyclic) bond motifs is 1. The maximum atomic E-state index is 2.67. The number of unbranched alkanes of at least 4 members (excludes halogenated alkanes) is 2. The van der Waals surface area contributed by atoms with Gasteiger partial charge in [0, 0.05) is 0 Å². The molecule has 9 unspecified atom stereocenters. The van der Waals surface area contributed by atoms with Crippen LogP contribution in [-0.2, 0) is 0 Å². The third-order valence-corrected chi connectivity index (χ3v) is 9.02. The minimum absolute atomic E-state index is 0.564. The second kappa shape index (κ2) is 6.86. The fourth-order valence-electron chi connectivity index (χ4n) is 6.53. The Kier molecular flexibility index (Phi) is 5.72. The highest BCUT2D eigenvalue weighted by Gasteiger charge is 2.57. The van der Waals surface area contributed by atoms with Crippen LogP contribution in [-0.4, -0.2) is 0 Å². The summed E-state index contributed by atoms with van der Waals surface area (Å²) < 4.78 is 0. The summed E-state index contributed by atoms with van der Waals surface area (Å²) in [7, 11) is 0. The minimum atomic E-state index is 0.564. The van der Waals surface area contributed by atoms with Crippen molar-refractivity contribution in [1.82, 2.24) is 0 Å². The van der Waals surface area contributed by atoms with Gasteiger partial charge in [0.05, 0.1) is 0 Å². The average molecular weight is 307 g/mol. The van der Waals surface area contributed by atoms with Crippen molar-refractivity contribution in [2.24, 2.45) is 52.8 Å². The first-order valence-electron chi connectivity index (χ1n) is 10.3. The van der Waals surface area contributed by atoms with Crippen LogP contribution in [0.1, 0.15) is 87.5 Å². The number of rotatable bonds is 4. The fourth-order valence-corrected chi connectivity index (χ4v) is 6.53. The van der Waals surface area contributed by atoms with Gasteiger partial charge in [0.15, 0.2) is 0 Å². The molecule has 2 rings (SSSR count). The Balaban J connectivity index is 2.31. The lowest BCUT2D eigenvalue weighted by atomic mass is 9.41. The molecule has 2 aliphatic carbocycles. The van der Waals surface area contributed by atoms with E-state index in [0.717, 1.165) is 47.3 Å². The lowest BCUT2D eigenvalue weighted by Crippen LogP contribution is -2.57. The third kappa shape index (κ3) is 2.78. The SMILES string of the molecule is CCCCCC1C(C)C(C)C(C)C2(C)C(C)C(C)C(C)CC12. The summed E-state index contributed by atoms with van der Waals surface area (Å²) >= 11 is 0. The Labute approximate surface area is 140 Å². The van der Waals surface area contributed by atoms with Crippen LogP contribution in [0.3, 0.4) is 0 Å². The molecule has 0 aromatic carbocycles. The molecule has 0 nitrogen and oxygen atoms in total. The topological polar surface area (TPSA) is 0 Å². The standard InChI is InChI=1S/C22H42/c1-9-10-11-12-20-17(5)16(4)19(7)22(8)18(6)15(3)14(2)13-21(20)22/h14-21H,9-13H2,1-8H3. The Morgan fingerprint density at radius 2 is 1.41 bits per heavy atom. The summed E-state index contributed by atoms with van der Waals surface area (Å²) in [5, 5.41) is 0. The van der Waals surface area contributed by atoms with Crippen molar-refractivity contribution in [3.63, 3.8) is 0 Å². The molecular formula is C22H42. The van der Waals surface area contributed by atoms with Crippen LogP contribution in [0.4, 0.5) is 0 Å². The molecule has 0 aromatic rings. The van der Waals surface area contributed by atoms with Crippen LogP contribution in [0.2, 0.25) is 0 Å². The van der Waals surface area contributed by atoms with Gasteiger partial charge in [0.25, 0.3) is 0 Å². The summed E-state index contributed by atoms with van der Waals surface area (Å²) in [6, 6.07) is 0. The van der Waals surface area contributed by atoms with E-state index in [-0.39, 0.29) is 0 Å². The lowest BCUT2D eigenvalue weighted by Gasteiger charge is -2.63. The summed E-state index contributed by atoms with van der Waals surface area (Å²) in [6.45, 7) is 20.3. The van der Waals surface area contributed by atoms with Gasteiger partial charge in [-0.3, -0.25) is 0 Å². The predicted octanol–water partition coefficient (Wildman–Crippen LogP) is 7.04. The predicted molar refractivity (Wildman–Crippen MR) is 98.8 cm³/mol. The molecule has 2 aliphatic rings. The molecule has 0 bridgehead atoms. The maximum absolute atomic E-state index is 2.67. The van der Waals surface area contributed by atoms with Gasteiger partial charge >= 0.3 is 0 Å². The quantitative estimate of drug-likeness (QED) is 0.489. The van der Waals surface area contributed by atoms with Gasteiger partial charge in [-0.2, -0.15) is 0 Å². The summed E-state index contributed by atoms with van der Waals surface area (Å²) in [4.78, 5) is 0. The molecule has 130 valence electrons. The molecule has 22 heavy (non-hydrogen) atoms. The van der Waals surface area contributed by atoms with Gasteiger partial charge in [-0.05, 0) is 65.6 Å². The Hall–Kier alpha value is 0. The van der Waals surface area contributed by atoms with Crippen LogP contribution in [0.25, 0.3) is 0 Å². The van der Waals surface area contributed by atoms with Crippen LogP contribution in [0.15, 0.2) is 0 Å². The van der Waals surface area contributed by atoms with Crippen molar-refractivity contribution in [3.05, 3.63) is 0 Å². The van der Waals surface area contributed by atoms with Crippen LogP contribution >= 0.6 is 0 Å². The monoisotopic (exact) mass is 306 g/mol. The van der Waals surface area contributed by atoms with E-state index in [1.54, 1.807) is 0 Å². The molecule has 0 N–H and O–H groups in total. The first kappa shape index (κ1) is 18.3. The maximum Gasteiger partial charge on any atom is -0.0238 e. The zero-order valence-electron chi connectivity index (χ0n) is 16.7. The second-order valence-electron chi connectivity index (χ2n) is 9.50. The zero-order valence-corrected chi connectivity index (χ0v) is 16.7. The van der Waals surface area contributed by atoms with E-state index in [4.69, 9.17) is 0 Å². The van der Waals surface area contributed by atoms with E-state index < -0.39 is 0 Å². The van der Waals surface area contributed by atoms with E-state index in [1.165, 1.54) is 32.1 Å². The Morgan fingerprint density at radius 3 is 2.00 bits per heavy atom. The summed E-state index contributed by atoms with van der Waals surface area (Å²) in [5.74, 6) is 7.29. The molecule has 0 heteroatoms. The molecular weight excluding hydrogens is 264 g/mol. The Bertz CT molecular complexity index is 353.